The topological polar surface area (TPSA) is 66.0 Å². The predicted molar refractivity (Wildman–Crippen MR) is 97.4 cm³/mol. The van der Waals surface area contributed by atoms with Crippen molar-refractivity contribution in [2.24, 2.45) is 0 Å². The molecule has 1 amide bonds. The van der Waals surface area contributed by atoms with Gasteiger partial charge in [0.15, 0.2) is 29.1 Å². The van der Waals surface area contributed by atoms with Gasteiger partial charge in [0, 0.05) is 5.56 Å². The molecule has 1 aliphatic heterocycles. The lowest BCUT2D eigenvalue weighted by molar-refractivity contribution is 0.0606. The number of benzene rings is 2. The molecule has 1 heterocycles. The van der Waals surface area contributed by atoms with Gasteiger partial charge in [0.2, 0.25) is 0 Å². The number of hydrogen-bond donors (Lipinski definition) is 1. The average molecular weight is 357 g/mol. The van der Waals surface area contributed by atoms with E-state index < -0.39 is 0 Å². The van der Waals surface area contributed by atoms with Gasteiger partial charge in [0.05, 0.1) is 19.8 Å². The van der Waals surface area contributed by atoms with Gasteiger partial charge < -0.3 is 24.3 Å². The summed E-state index contributed by atoms with van der Waals surface area (Å²) in [5.41, 5.74) is 0.495. The molecule has 0 aliphatic carbocycles. The van der Waals surface area contributed by atoms with E-state index in [1.54, 1.807) is 25.3 Å². The Kier molecular flexibility index (Phi) is 5.51. The summed E-state index contributed by atoms with van der Waals surface area (Å²) in [5, 5.41) is 2.96. The number of methoxy groups -OCH3 is 1. The van der Waals surface area contributed by atoms with Crippen molar-refractivity contribution in [3.8, 4) is 23.0 Å². The fourth-order valence-electron chi connectivity index (χ4n) is 2.75. The molecule has 138 valence electrons. The van der Waals surface area contributed by atoms with Crippen molar-refractivity contribution in [2.75, 3.05) is 20.3 Å². The van der Waals surface area contributed by atoms with Crippen LogP contribution in [-0.4, -0.2) is 38.4 Å². The zero-order valence-corrected chi connectivity index (χ0v) is 15.2. The first-order valence-corrected chi connectivity index (χ1v) is 8.62. The predicted octanol–water partition coefficient (Wildman–Crippen LogP) is 3.05. The highest BCUT2D eigenvalue weighted by Crippen LogP contribution is 2.32. The van der Waals surface area contributed by atoms with Crippen LogP contribution in [0.15, 0.2) is 42.5 Å². The first-order chi connectivity index (χ1) is 12.6. The summed E-state index contributed by atoms with van der Waals surface area (Å²) in [7, 11) is 1.55. The highest BCUT2D eigenvalue weighted by atomic mass is 16.6. The van der Waals surface area contributed by atoms with Gasteiger partial charge in [-0.3, -0.25) is 4.79 Å². The number of fused-ring (bicyclic) bond motifs is 1. The van der Waals surface area contributed by atoms with Crippen LogP contribution in [0.3, 0.4) is 0 Å². The molecule has 0 radical (unpaired) electrons. The van der Waals surface area contributed by atoms with Crippen LogP contribution in [0.1, 0.15) is 24.2 Å². The zero-order valence-electron chi connectivity index (χ0n) is 15.2. The van der Waals surface area contributed by atoms with E-state index in [9.17, 15) is 4.79 Å². The second kappa shape index (κ2) is 7.99. The zero-order chi connectivity index (χ0) is 18.5. The molecule has 0 spiro atoms. The minimum atomic E-state index is -0.265. The SMILES string of the molecule is CCOc1ccc(C(=O)NC(C)C2COc3ccccc3O2)cc1OC. The smallest absolute Gasteiger partial charge is 0.251 e. The maximum atomic E-state index is 12.6. The van der Waals surface area contributed by atoms with Crippen LogP contribution in [0.25, 0.3) is 0 Å². The summed E-state index contributed by atoms with van der Waals surface area (Å²) >= 11 is 0. The van der Waals surface area contributed by atoms with Gasteiger partial charge in [-0.15, -0.1) is 0 Å². The van der Waals surface area contributed by atoms with Crippen LogP contribution in [0.2, 0.25) is 0 Å². The molecule has 26 heavy (non-hydrogen) atoms. The molecule has 2 aromatic rings. The summed E-state index contributed by atoms with van der Waals surface area (Å²) < 4.78 is 22.4. The number of para-hydroxylation sites is 2. The molecule has 0 saturated carbocycles. The Labute approximate surface area is 153 Å². The Morgan fingerprint density at radius 1 is 1.23 bits per heavy atom. The molecule has 1 aliphatic rings. The van der Waals surface area contributed by atoms with Crippen LogP contribution in [0, 0.1) is 0 Å². The number of nitrogens with one attached hydrogen (secondary N) is 1. The first kappa shape index (κ1) is 17.9. The molecule has 3 rings (SSSR count). The molecule has 6 nitrogen and oxygen atoms in total. The Hall–Kier alpha value is -2.89. The second-order valence-electron chi connectivity index (χ2n) is 5.97. The minimum Gasteiger partial charge on any atom is -0.493 e. The van der Waals surface area contributed by atoms with Gasteiger partial charge in [0.25, 0.3) is 5.91 Å². The standard InChI is InChI=1S/C20H23NO5/c1-4-24-16-10-9-14(11-18(16)23-3)20(22)21-13(2)19-12-25-15-7-5-6-8-17(15)26-19/h5-11,13,19H,4,12H2,1-3H3,(H,21,22). The van der Waals surface area contributed by atoms with Gasteiger partial charge in [-0.05, 0) is 44.2 Å². The van der Waals surface area contributed by atoms with Gasteiger partial charge in [-0.1, -0.05) is 12.1 Å². The Bertz CT molecular complexity index is 777. The summed E-state index contributed by atoms with van der Waals surface area (Å²) in [6.07, 6.45) is -0.265. The van der Waals surface area contributed by atoms with Gasteiger partial charge >= 0.3 is 0 Å². The molecular formula is C20H23NO5. The fraction of sp³-hybridized carbons (Fsp3) is 0.350. The molecule has 0 bridgehead atoms. The summed E-state index contributed by atoms with van der Waals surface area (Å²) in [6, 6.07) is 12.4. The van der Waals surface area contributed by atoms with Gasteiger partial charge in [0.1, 0.15) is 6.61 Å². The molecule has 1 N–H and O–H groups in total. The maximum Gasteiger partial charge on any atom is 0.251 e. The van der Waals surface area contributed by atoms with Crippen molar-refractivity contribution in [3.63, 3.8) is 0 Å². The van der Waals surface area contributed by atoms with E-state index in [4.69, 9.17) is 18.9 Å². The summed E-state index contributed by atoms with van der Waals surface area (Å²) in [4.78, 5) is 12.6. The molecule has 0 aromatic heterocycles. The van der Waals surface area contributed by atoms with Gasteiger partial charge in [-0.25, -0.2) is 0 Å². The molecule has 2 unspecified atom stereocenters. The third-order valence-corrected chi connectivity index (χ3v) is 4.17. The molecule has 2 atom stereocenters. The monoisotopic (exact) mass is 357 g/mol. The number of carbonyl (C=O) groups excluding carboxylic acids is 1. The van der Waals surface area contributed by atoms with Crippen LogP contribution in [0.4, 0.5) is 0 Å². The molecule has 0 fully saturated rings. The third-order valence-electron chi connectivity index (χ3n) is 4.17. The van der Waals surface area contributed by atoms with E-state index in [1.165, 1.54) is 0 Å². The van der Waals surface area contributed by atoms with Crippen molar-refractivity contribution in [1.29, 1.82) is 0 Å². The van der Waals surface area contributed by atoms with E-state index in [1.807, 2.05) is 38.1 Å². The normalized spacial score (nSPS) is 16.5. The summed E-state index contributed by atoms with van der Waals surface area (Å²) in [5.74, 6) is 2.34. The highest BCUT2D eigenvalue weighted by molar-refractivity contribution is 5.95. The fourth-order valence-corrected chi connectivity index (χ4v) is 2.75. The third kappa shape index (κ3) is 3.85. The van der Waals surface area contributed by atoms with Crippen LogP contribution >= 0.6 is 0 Å². The molecule has 0 saturated heterocycles. The Morgan fingerprint density at radius 3 is 2.73 bits per heavy atom. The van der Waals surface area contributed by atoms with Gasteiger partial charge in [-0.2, -0.15) is 0 Å². The molecular weight excluding hydrogens is 334 g/mol. The second-order valence-corrected chi connectivity index (χ2v) is 5.97. The number of carbonyl (C=O) groups is 1. The lowest BCUT2D eigenvalue weighted by atomic mass is 10.1. The summed E-state index contributed by atoms with van der Waals surface area (Å²) in [6.45, 7) is 4.70. The van der Waals surface area contributed by atoms with E-state index >= 15 is 0 Å². The Balaban J connectivity index is 1.66. The van der Waals surface area contributed by atoms with Crippen molar-refractivity contribution in [1.82, 2.24) is 5.32 Å². The average Bonchev–Trinajstić information content (AvgIpc) is 2.68. The van der Waals surface area contributed by atoms with Crippen molar-refractivity contribution < 1.29 is 23.7 Å². The van der Waals surface area contributed by atoms with Crippen molar-refractivity contribution >= 4 is 5.91 Å². The molecule has 6 heteroatoms. The first-order valence-electron chi connectivity index (χ1n) is 8.62. The van der Waals surface area contributed by atoms with E-state index in [0.717, 1.165) is 5.75 Å². The minimum absolute atomic E-state index is 0.207. The quantitative estimate of drug-likeness (QED) is 0.861. The number of amides is 1. The number of hydrogen-bond acceptors (Lipinski definition) is 5. The van der Waals surface area contributed by atoms with Crippen LogP contribution in [0.5, 0.6) is 23.0 Å². The molecule has 2 aromatic carbocycles. The Morgan fingerprint density at radius 2 is 2.00 bits per heavy atom. The van der Waals surface area contributed by atoms with E-state index in [0.29, 0.717) is 36.0 Å². The van der Waals surface area contributed by atoms with Crippen LogP contribution in [-0.2, 0) is 0 Å². The van der Waals surface area contributed by atoms with Crippen molar-refractivity contribution in [3.05, 3.63) is 48.0 Å². The lowest BCUT2D eigenvalue weighted by Gasteiger charge is -2.30. The highest BCUT2D eigenvalue weighted by Gasteiger charge is 2.27. The number of ether oxygens (including phenoxy) is 4. The van der Waals surface area contributed by atoms with E-state index in [2.05, 4.69) is 5.32 Å². The van der Waals surface area contributed by atoms with E-state index in [-0.39, 0.29) is 18.1 Å². The van der Waals surface area contributed by atoms with Crippen LogP contribution < -0.4 is 24.3 Å². The maximum absolute atomic E-state index is 12.6. The largest absolute Gasteiger partial charge is 0.493 e. The number of rotatable bonds is 6. The lowest BCUT2D eigenvalue weighted by Crippen LogP contribution is -2.48. The van der Waals surface area contributed by atoms with Crippen molar-refractivity contribution in [2.45, 2.75) is 26.0 Å².